The van der Waals surface area contributed by atoms with Crippen molar-refractivity contribution in [1.29, 1.82) is 0 Å². The van der Waals surface area contributed by atoms with E-state index in [1.54, 1.807) is 36.7 Å². The summed E-state index contributed by atoms with van der Waals surface area (Å²) in [6.07, 6.45) is 10.9. The fourth-order valence-electron chi connectivity index (χ4n) is 3.15. The van der Waals surface area contributed by atoms with Gasteiger partial charge in [-0.25, -0.2) is 9.97 Å². The van der Waals surface area contributed by atoms with Crippen LogP contribution < -0.4 is 9.80 Å². The third-order valence-corrected chi connectivity index (χ3v) is 4.55. The largest absolute Gasteiger partial charge is 0.309 e. The van der Waals surface area contributed by atoms with Crippen LogP contribution in [0.15, 0.2) is 55.1 Å². The molecule has 4 rings (SSSR count). The van der Waals surface area contributed by atoms with Crippen LogP contribution >= 0.6 is 0 Å². The van der Waals surface area contributed by atoms with Gasteiger partial charge >= 0.3 is 0 Å². The molecule has 3 aromatic heterocycles. The molecule has 0 fully saturated rings. The van der Waals surface area contributed by atoms with E-state index >= 15 is 0 Å². The molecule has 0 N–H and O–H groups in total. The van der Waals surface area contributed by atoms with Crippen molar-refractivity contribution >= 4 is 35.4 Å². The number of amides is 1. The van der Waals surface area contributed by atoms with Gasteiger partial charge in [-0.3, -0.25) is 9.78 Å². The molecule has 4 heterocycles. The van der Waals surface area contributed by atoms with Gasteiger partial charge in [-0.05, 0) is 48.4 Å². The molecule has 27 heavy (non-hydrogen) atoms. The molecular weight excluding hydrogens is 338 g/mol. The van der Waals surface area contributed by atoms with E-state index in [9.17, 15) is 4.79 Å². The minimum Gasteiger partial charge on any atom is -0.309 e. The molecule has 134 valence electrons. The highest BCUT2D eigenvalue weighted by Crippen LogP contribution is 2.37. The van der Waals surface area contributed by atoms with Crippen molar-refractivity contribution in [1.82, 2.24) is 15.0 Å². The summed E-state index contributed by atoms with van der Waals surface area (Å²) in [6.45, 7) is 2.69. The molecule has 1 aliphatic heterocycles. The zero-order valence-electron chi connectivity index (χ0n) is 15.2. The standard InChI is InChI=1S/C21H19N5O/c1-3-26-19-17(21(27)25(2)18-5-4-10-23-20(18)26)13-16(14-24-19)7-6-15-8-11-22-12-9-15/h4-14H,3H2,1-2H3/b7-6+. The van der Waals surface area contributed by atoms with Crippen molar-refractivity contribution < 1.29 is 4.79 Å². The Hall–Kier alpha value is -3.54. The van der Waals surface area contributed by atoms with Gasteiger partial charge in [-0.1, -0.05) is 12.2 Å². The van der Waals surface area contributed by atoms with Crippen LogP contribution in [-0.2, 0) is 0 Å². The summed E-state index contributed by atoms with van der Waals surface area (Å²) >= 11 is 0. The van der Waals surface area contributed by atoms with E-state index in [1.165, 1.54) is 0 Å². The average Bonchev–Trinajstić information content (AvgIpc) is 2.81. The van der Waals surface area contributed by atoms with Gasteiger partial charge in [0.1, 0.15) is 5.82 Å². The van der Waals surface area contributed by atoms with Gasteiger partial charge < -0.3 is 9.80 Å². The number of hydrogen-bond donors (Lipinski definition) is 0. The van der Waals surface area contributed by atoms with Gasteiger partial charge in [-0.15, -0.1) is 0 Å². The molecule has 0 saturated heterocycles. The topological polar surface area (TPSA) is 62.2 Å². The van der Waals surface area contributed by atoms with Gasteiger partial charge in [0.15, 0.2) is 5.82 Å². The third kappa shape index (κ3) is 3.06. The minimum atomic E-state index is -0.0955. The third-order valence-electron chi connectivity index (χ3n) is 4.55. The Balaban J connectivity index is 1.79. The zero-order valence-corrected chi connectivity index (χ0v) is 15.2. The summed E-state index contributed by atoms with van der Waals surface area (Å²) in [5, 5.41) is 0. The summed E-state index contributed by atoms with van der Waals surface area (Å²) in [7, 11) is 1.77. The SMILES string of the molecule is CCN1c2ncc(/C=C/c3ccncc3)cc2C(=O)N(C)c2cccnc21. The van der Waals surface area contributed by atoms with E-state index in [1.807, 2.05) is 54.3 Å². The van der Waals surface area contributed by atoms with E-state index in [4.69, 9.17) is 0 Å². The number of rotatable bonds is 3. The normalized spacial score (nSPS) is 13.5. The number of carbonyl (C=O) groups is 1. The molecule has 0 bridgehead atoms. The van der Waals surface area contributed by atoms with Gasteiger partial charge in [0.2, 0.25) is 0 Å². The average molecular weight is 357 g/mol. The molecule has 0 unspecified atom stereocenters. The Morgan fingerprint density at radius 3 is 2.56 bits per heavy atom. The Morgan fingerprint density at radius 2 is 1.78 bits per heavy atom. The highest BCUT2D eigenvalue weighted by atomic mass is 16.2. The van der Waals surface area contributed by atoms with Crippen molar-refractivity contribution in [3.05, 3.63) is 71.8 Å². The smallest absolute Gasteiger partial charge is 0.261 e. The second-order valence-corrected chi connectivity index (χ2v) is 6.21. The van der Waals surface area contributed by atoms with Crippen LogP contribution in [0.5, 0.6) is 0 Å². The molecule has 0 atom stereocenters. The first-order chi connectivity index (χ1) is 13.2. The molecule has 0 saturated carbocycles. The molecule has 0 spiro atoms. The van der Waals surface area contributed by atoms with Crippen LogP contribution in [0.25, 0.3) is 12.2 Å². The van der Waals surface area contributed by atoms with Crippen LogP contribution in [0.2, 0.25) is 0 Å². The lowest BCUT2D eigenvalue weighted by molar-refractivity contribution is 0.0994. The van der Waals surface area contributed by atoms with Crippen molar-refractivity contribution in [3.8, 4) is 0 Å². The fraction of sp³-hybridized carbons (Fsp3) is 0.143. The molecule has 1 aliphatic rings. The lowest BCUT2D eigenvalue weighted by Crippen LogP contribution is -2.25. The number of anilines is 3. The van der Waals surface area contributed by atoms with E-state index in [-0.39, 0.29) is 5.91 Å². The number of nitrogens with zero attached hydrogens (tertiary/aromatic N) is 5. The molecule has 1 amide bonds. The number of fused-ring (bicyclic) bond motifs is 2. The molecule has 6 heteroatoms. The molecule has 6 nitrogen and oxygen atoms in total. The highest BCUT2D eigenvalue weighted by Gasteiger charge is 2.30. The number of carbonyl (C=O) groups excluding carboxylic acids is 1. The van der Waals surface area contributed by atoms with Gasteiger partial charge in [0, 0.05) is 38.4 Å². The zero-order chi connectivity index (χ0) is 18.8. The predicted octanol–water partition coefficient (Wildman–Crippen LogP) is 3.79. The Bertz CT molecular complexity index is 1020. The predicted molar refractivity (Wildman–Crippen MR) is 107 cm³/mol. The minimum absolute atomic E-state index is 0.0955. The number of pyridine rings is 3. The van der Waals surface area contributed by atoms with Crippen molar-refractivity contribution in [2.45, 2.75) is 6.92 Å². The van der Waals surface area contributed by atoms with Gasteiger partial charge in [0.25, 0.3) is 5.91 Å². The first-order valence-corrected chi connectivity index (χ1v) is 8.78. The number of aromatic nitrogens is 3. The fourth-order valence-corrected chi connectivity index (χ4v) is 3.15. The lowest BCUT2D eigenvalue weighted by Gasteiger charge is -2.22. The molecule has 0 aromatic carbocycles. The summed E-state index contributed by atoms with van der Waals surface area (Å²) in [4.78, 5) is 29.8. The maximum atomic E-state index is 13.1. The quantitative estimate of drug-likeness (QED) is 0.714. The van der Waals surface area contributed by atoms with Crippen LogP contribution in [0.4, 0.5) is 17.3 Å². The maximum Gasteiger partial charge on any atom is 0.261 e. The molecule has 0 radical (unpaired) electrons. The van der Waals surface area contributed by atoms with E-state index in [2.05, 4.69) is 15.0 Å². The summed E-state index contributed by atoms with van der Waals surface area (Å²) in [5.41, 5.74) is 3.24. The van der Waals surface area contributed by atoms with E-state index < -0.39 is 0 Å². The van der Waals surface area contributed by atoms with Crippen LogP contribution in [0, 0.1) is 0 Å². The van der Waals surface area contributed by atoms with Crippen LogP contribution in [-0.4, -0.2) is 34.5 Å². The molecule has 0 aliphatic carbocycles. The second-order valence-electron chi connectivity index (χ2n) is 6.21. The number of hydrogen-bond acceptors (Lipinski definition) is 5. The second kappa shape index (κ2) is 6.99. The molecule has 3 aromatic rings. The van der Waals surface area contributed by atoms with Crippen LogP contribution in [0.3, 0.4) is 0 Å². The first-order valence-electron chi connectivity index (χ1n) is 8.78. The molecular formula is C21H19N5O. The maximum absolute atomic E-state index is 13.1. The lowest BCUT2D eigenvalue weighted by atomic mass is 10.1. The summed E-state index contributed by atoms with van der Waals surface area (Å²) in [5.74, 6) is 1.27. The Kier molecular flexibility index (Phi) is 4.38. The highest BCUT2D eigenvalue weighted by molar-refractivity contribution is 6.12. The monoisotopic (exact) mass is 357 g/mol. The van der Waals surface area contributed by atoms with Gasteiger partial charge in [0.05, 0.1) is 11.3 Å². The van der Waals surface area contributed by atoms with Crippen molar-refractivity contribution in [2.24, 2.45) is 0 Å². The summed E-state index contributed by atoms with van der Waals surface area (Å²) < 4.78 is 0. The Labute approximate surface area is 157 Å². The van der Waals surface area contributed by atoms with E-state index in [0.29, 0.717) is 17.9 Å². The van der Waals surface area contributed by atoms with E-state index in [0.717, 1.165) is 22.6 Å². The Morgan fingerprint density at radius 1 is 1.00 bits per heavy atom. The van der Waals surface area contributed by atoms with Crippen molar-refractivity contribution in [3.63, 3.8) is 0 Å². The first kappa shape index (κ1) is 16.9. The summed E-state index contributed by atoms with van der Waals surface area (Å²) in [6, 6.07) is 9.47. The van der Waals surface area contributed by atoms with Crippen LogP contribution in [0.1, 0.15) is 28.4 Å². The van der Waals surface area contributed by atoms with Crippen molar-refractivity contribution in [2.75, 3.05) is 23.4 Å². The van der Waals surface area contributed by atoms with Gasteiger partial charge in [-0.2, -0.15) is 0 Å².